The number of carbonyl (C=O) groups is 1. The van der Waals surface area contributed by atoms with Crippen molar-refractivity contribution in [3.8, 4) is 0 Å². The van der Waals surface area contributed by atoms with Gasteiger partial charge in [0.2, 0.25) is 5.91 Å². The van der Waals surface area contributed by atoms with Gasteiger partial charge in [0.15, 0.2) is 0 Å². The van der Waals surface area contributed by atoms with Crippen molar-refractivity contribution < 1.29 is 9.90 Å². The van der Waals surface area contributed by atoms with E-state index in [1.165, 1.54) is 0 Å². The van der Waals surface area contributed by atoms with Gasteiger partial charge >= 0.3 is 0 Å². The van der Waals surface area contributed by atoms with Crippen LogP contribution in [0.2, 0.25) is 0 Å². The lowest BCUT2D eigenvalue weighted by Gasteiger charge is -2.63. The van der Waals surface area contributed by atoms with E-state index in [2.05, 4.69) is 5.32 Å². The summed E-state index contributed by atoms with van der Waals surface area (Å²) in [5, 5.41) is 14.6. The molecule has 0 aromatic heterocycles. The maximum atomic E-state index is 11.8. The molecule has 4 aliphatic carbocycles. The minimum Gasteiger partial charge on any atom is -0.389 e. The summed E-state index contributed by atoms with van der Waals surface area (Å²) >= 11 is 6.79. The number of aliphatic hydroxyl groups is 1. The third-order valence-electron chi connectivity index (χ3n) is 6.19. The van der Waals surface area contributed by atoms with E-state index < -0.39 is 5.60 Å². The van der Waals surface area contributed by atoms with Gasteiger partial charge in [0.1, 0.15) is 0 Å². The summed E-state index contributed by atoms with van der Waals surface area (Å²) in [5.74, 6) is 0.930. The molecule has 0 saturated heterocycles. The maximum absolute atomic E-state index is 11.8. The van der Waals surface area contributed by atoms with Crippen LogP contribution in [-0.2, 0) is 4.79 Å². The van der Waals surface area contributed by atoms with Gasteiger partial charge in [-0.05, 0) is 49.5 Å². The van der Waals surface area contributed by atoms with Gasteiger partial charge in [-0.15, -0.1) is 11.6 Å². The predicted molar refractivity (Wildman–Crippen MR) is 90.1 cm³/mol. The Kier molecular flexibility index (Phi) is 3.51. The van der Waals surface area contributed by atoms with Crippen LogP contribution in [0.25, 0.3) is 0 Å². The van der Waals surface area contributed by atoms with E-state index in [4.69, 9.17) is 11.6 Å². The van der Waals surface area contributed by atoms with E-state index in [1.807, 2.05) is 30.3 Å². The molecule has 1 unspecified atom stereocenters. The summed E-state index contributed by atoms with van der Waals surface area (Å²) in [5.41, 5.74) is 0.326. The first-order valence-corrected chi connectivity index (χ1v) is 9.00. The van der Waals surface area contributed by atoms with E-state index in [0.717, 1.165) is 31.2 Å². The first-order valence-electron chi connectivity index (χ1n) is 8.62. The highest BCUT2D eigenvalue weighted by Crippen LogP contribution is 2.64. The summed E-state index contributed by atoms with van der Waals surface area (Å²) < 4.78 is 0. The van der Waals surface area contributed by atoms with Gasteiger partial charge in [-0.2, -0.15) is 0 Å². The molecule has 4 saturated carbocycles. The quantitative estimate of drug-likeness (QED) is 0.833. The Morgan fingerprint density at radius 3 is 2.65 bits per heavy atom. The Labute approximate surface area is 142 Å². The van der Waals surface area contributed by atoms with E-state index in [9.17, 15) is 9.90 Å². The molecule has 3 nitrogen and oxygen atoms in total. The van der Waals surface area contributed by atoms with Crippen molar-refractivity contribution in [2.24, 2.45) is 17.8 Å². The smallest absolute Gasteiger partial charge is 0.217 e. The third-order valence-corrected chi connectivity index (χ3v) is 6.63. The molecule has 4 bridgehead atoms. The van der Waals surface area contributed by atoms with Crippen molar-refractivity contribution >= 4 is 17.5 Å². The molecule has 2 N–H and O–H groups in total. The Morgan fingerprint density at radius 1 is 1.30 bits per heavy atom. The molecule has 4 aliphatic rings. The van der Waals surface area contributed by atoms with E-state index in [1.54, 1.807) is 6.92 Å². The van der Waals surface area contributed by atoms with Crippen molar-refractivity contribution in [1.29, 1.82) is 0 Å². The lowest BCUT2D eigenvalue weighted by atomic mass is 9.47. The van der Waals surface area contributed by atoms with Gasteiger partial charge in [0.05, 0.1) is 11.6 Å². The van der Waals surface area contributed by atoms with Crippen molar-refractivity contribution in [1.82, 2.24) is 5.32 Å². The van der Waals surface area contributed by atoms with Gasteiger partial charge in [0, 0.05) is 17.7 Å². The molecule has 0 spiro atoms. The second kappa shape index (κ2) is 5.22. The zero-order valence-corrected chi connectivity index (χ0v) is 14.2. The fourth-order valence-electron chi connectivity index (χ4n) is 5.89. The first kappa shape index (κ1) is 15.5. The topological polar surface area (TPSA) is 49.3 Å². The van der Waals surface area contributed by atoms with Crippen molar-refractivity contribution in [3.05, 3.63) is 35.9 Å². The van der Waals surface area contributed by atoms with Crippen LogP contribution in [0.5, 0.6) is 0 Å². The van der Waals surface area contributed by atoms with Gasteiger partial charge in [0.25, 0.3) is 0 Å². The maximum Gasteiger partial charge on any atom is 0.217 e. The minimum atomic E-state index is -0.755. The number of rotatable bonds is 3. The molecule has 1 aromatic carbocycles. The van der Waals surface area contributed by atoms with Gasteiger partial charge in [-0.3, -0.25) is 4.79 Å². The predicted octanol–water partition coefficient (Wildman–Crippen LogP) is 3.41. The molecule has 23 heavy (non-hydrogen) atoms. The van der Waals surface area contributed by atoms with Crippen LogP contribution in [-0.4, -0.2) is 21.5 Å². The van der Waals surface area contributed by atoms with Crippen LogP contribution in [0.3, 0.4) is 0 Å². The van der Waals surface area contributed by atoms with Crippen LogP contribution in [0.15, 0.2) is 30.3 Å². The lowest BCUT2D eigenvalue weighted by Crippen LogP contribution is -2.64. The van der Waals surface area contributed by atoms with Crippen LogP contribution in [0.4, 0.5) is 0 Å². The molecule has 4 heteroatoms. The minimum absolute atomic E-state index is 0.0446. The summed E-state index contributed by atoms with van der Waals surface area (Å²) in [6.07, 6.45) is 4.61. The van der Waals surface area contributed by atoms with Crippen molar-refractivity contribution in [3.63, 3.8) is 0 Å². The summed E-state index contributed by atoms with van der Waals surface area (Å²) in [7, 11) is 0. The molecular formula is C19H24ClNO2. The Bertz CT molecular complexity index is 621. The first-order chi connectivity index (χ1) is 10.9. The van der Waals surface area contributed by atoms with Crippen LogP contribution in [0.1, 0.15) is 50.6 Å². The number of benzene rings is 1. The molecule has 0 radical (unpaired) electrons. The largest absolute Gasteiger partial charge is 0.389 e. The summed E-state index contributed by atoms with van der Waals surface area (Å²) in [6.45, 7) is 1.55. The highest BCUT2D eigenvalue weighted by molar-refractivity contribution is 6.24. The van der Waals surface area contributed by atoms with Gasteiger partial charge in [-0.1, -0.05) is 30.3 Å². The van der Waals surface area contributed by atoms with Gasteiger partial charge in [-0.25, -0.2) is 0 Å². The molecule has 124 valence electrons. The number of hydrogen-bond acceptors (Lipinski definition) is 2. The molecule has 0 heterocycles. The van der Waals surface area contributed by atoms with Crippen LogP contribution < -0.4 is 5.32 Å². The second-order valence-electron chi connectivity index (χ2n) is 8.02. The molecule has 0 aliphatic heterocycles. The van der Waals surface area contributed by atoms with Crippen molar-refractivity contribution in [2.45, 2.75) is 55.5 Å². The van der Waals surface area contributed by atoms with E-state index >= 15 is 0 Å². The third kappa shape index (κ3) is 2.58. The fourth-order valence-corrected chi connectivity index (χ4v) is 6.54. The Balaban J connectivity index is 1.73. The SMILES string of the molecule is CC(=O)NC(c1ccccc1)[C@H]1[C@H]2C[C@@H]3C[C@](Cl)(C2)C[C@@]1(O)C3. The average Bonchev–Trinajstić information content (AvgIpc) is 2.43. The van der Waals surface area contributed by atoms with Crippen molar-refractivity contribution in [2.75, 3.05) is 0 Å². The Hall–Kier alpha value is -1.06. The average molecular weight is 334 g/mol. The number of amides is 1. The second-order valence-corrected chi connectivity index (χ2v) is 8.82. The summed E-state index contributed by atoms with van der Waals surface area (Å²) in [6, 6.07) is 9.93. The molecule has 1 amide bonds. The van der Waals surface area contributed by atoms with Crippen LogP contribution in [0, 0.1) is 17.8 Å². The molecule has 6 atom stereocenters. The summed E-state index contributed by atoms with van der Waals surface area (Å²) in [4.78, 5) is 11.6. The highest BCUT2D eigenvalue weighted by Gasteiger charge is 2.63. The van der Waals surface area contributed by atoms with E-state index in [-0.39, 0.29) is 22.7 Å². The fraction of sp³-hybridized carbons (Fsp3) is 0.632. The number of halogens is 1. The number of nitrogens with one attached hydrogen (secondary N) is 1. The zero-order valence-electron chi connectivity index (χ0n) is 13.5. The highest BCUT2D eigenvalue weighted by atomic mass is 35.5. The lowest BCUT2D eigenvalue weighted by molar-refractivity contribution is -0.174. The number of hydrogen-bond donors (Lipinski definition) is 2. The monoisotopic (exact) mass is 333 g/mol. The van der Waals surface area contributed by atoms with Crippen LogP contribution >= 0.6 is 11.6 Å². The molecule has 4 fully saturated rings. The molecule has 1 aromatic rings. The Morgan fingerprint density at radius 2 is 2.04 bits per heavy atom. The zero-order chi connectivity index (χ0) is 16.2. The normalized spacial score (nSPS) is 42.5. The molecule has 5 rings (SSSR count). The van der Waals surface area contributed by atoms with Gasteiger partial charge < -0.3 is 10.4 Å². The number of carbonyl (C=O) groups excluding carboxylic acids is 1. The van der Waals surface area contributed by atoms with E-state index in [0.29, 0.717) is 18.3 Å². The standard InChI is InChI=1S/C19H24ClNO2/c1-12(22)21-17(14-5-3-2-4-6-14)16-15-7-13-8-18(20,10-15)11-19(16,23)9-13/h2-6,13,15-17,23H,7-11H2,1H3,(H,21,22)/t13-,15+,16-,17?,18+,19+/m1/s1. The number of alkyl halides is 1. The molecular weight excluding hydrogens is 310 g/mol.